The lowest BCUT2D eigenvalue weighted by molar-refractivity contribution is 0.0959. The number of carbonyl (C=O) groups is 1. The number of likely N-dealkylation sites (tertiary alicyclic amines) is 1. The van der Waals surface area contributed by atoms with Crippen molar-refractivity contribution in [1.82, 2.24) is 9.80 Å². The fourth-order valence-electron chi connectivity index (χ4n) is 2.53. The summed E-state index contributed by atoms with van der Waals surface area (Å²) < 4.78 is 10.9. The minimum Gasteiger partial charge on any atom is -0.465 e. The second-order valence-corrected chi connectivity index (χ2v) is 6.53. The average Bonchev–Trinajstić information content (AvgIpc) is 3.05. The summed E-state index contributed by atoms with van der Waals surface area (Å²) >= 11 is 0. The molecular weight excluding hydrogens is 294 g/mol. The highest BCUT2D eigenvalue weighted by Crippen LogP contribution is 2.16. The van der Waals surface area contributed by atoms with Crippen LogP contribution in [-0.2, 0) is 4.74 Å². The summed E-state index contributed by atoms with van der Waals surface area (Å²) in [6, 6.07) is 4.01. The predicted molar refractivity (Wildman–Crippen MR) is 89.5 cm³/mol. The van der Waals surface area contributed by atoms with Crippen molar-refractivity contribution in [3.8, 4) is 0 Å². The van der Waals surface area contributed by atoms with Crippen molar-refractivity contribution in [2.24, 2.45) is 10.9 Å². The van der Waals surface area contributed by atoms with Crippen LogP contribution >= 0.6 is 0 Å². The van der Waals surface area contributed by atoms with Crippen molar-refractivity contribution in [2.45, 2.75) is 32.7 Å². The van der Waals surface area contributed by atoms with E-state index in [9.17, 15) is 4.79 Å². The van der Waals surface area contributed by atoms with Gasteiger partial charge in [-0.15, -0.1) is 0 Å². The Kier molecular flexibility index (Phi) is 6.21. The zero-order chi connectivity index (χ0) is 16.8. The normalized spacial score (nSPS) is 17.5. The molecule has 0 bridgehead atoms. The number of hydrogen-bond acceptors (Lipinski definition) is 4. The molecule has 1 fully saturated rings. The molecule has 23 heavy (non-hydrogen) atoms. The molecule has 0 aliphatic carbocycles. The van der Waals surface area contributed by atoms with E-state index >= 15 is 0 Å². The molecule has 1 aromatic heterocycles. The Hall–Kier alpha value is -1.82. The Morgan fingerprint density at radius 1 is 1.48 bits per heavy atom. The molecule has 0 unspecified atom stereocenters. The van der Waals surface area contributed by atoms with Gasteiger partial charge in [0.2, 0.25) is 0 Å². The van der Waals surface area contributed by atoms with Crippen molar-refractivity contribution >= 4 is 11.9 Å². The lowest BCUT2D eigenvalue weighted by Crippen LogP contribution is -2.45. The van der Waals surface area contributed by atoms with Gasteiger partial charge in [-0.2, -0.15) is 4.99 Å². The third kappa shape index (κ3) is 5.10. The second kappa shape index (κ2) is 8.15. The summed E-state index contributed by atoms with van der Waals surface area (Å²) in [6.07, 6.45) is 3.54. The summed E-state index contributed by atoms with van der Waals surface area (Å²) in [5.74, 6) is 0.186. The number of aliphatic imine (C=N–C) groups is 1. The first-order chi connectivity index (χ1) is 11.0. The van der Waals surface area contributed by atoms with E-state index in [1.807, 2.05) is 11.9 Å². The number of piperidine rings is 1. The van der Waals surface area contributed by atoms with Crippen LogP contribution in [0.1, 0.15) is 37.2 Å². The molecule has 0 N–H and O–H groups in total. The number of nitrogens with zero attached hydrogens (tertiary/aromatic N) is 3. The molecule has 1 aromatic rings. The Morgan fingerprint density at radius 2 is 2.17 bits per heavy atom. The molecule has 6 heteroatoms. The van der Waals surface area contributed by atoms with Crippen LogP contribution in [0.5, 0.6) is 0 Å². The standard InChI is InChI=1S/C17H27N3O3/c1-13(2)12-23-17(18-16(21)15-6-5-11-22-15)20(4)14-7-9-19(3)10-8-14/h5-6,11,13-14H,7-10,12H2,1-4H3. The molecule has 0 radical (unpaired) electrons. The monoisotopic (exact) mass is 321 g/mol. The van der Waals surface area contributed by atoms with E-state index in [1.165, 1.54) is 6.26 Å². The summed E-state index contributed by atoms with van der Waals surface area (Å²) in [7, 11) is 4.07. The van der Waals surface area contributed by atoms with Gasteiger partial charge in [0.15, 0.2) is 5.76 Å². The van der Waals surface area contributed by atoms with E-state index in [1.54, 1.807) is 12.1 Å². The largest absolute Gasteiger partial charge is 0.465 e. The highest BCUT2D eigenvalue weighted by Gasteiger charge is 2.25. The maximum absolute atomic E-state index is 12.2. The molecule has 1 saturated heterocycles. The molecular formula is C17H27N3O3. The molecule has 2 rings (SSSR count). The van der Waals surface area contributed by atoms with E-state index in [4.69, 9.17) is 9.15 Å². The van der Waals surface area contributed by atoms with Crippen molar-refractivity contribution < 1.29 is 13.9 Å². The topological polar surface area (TPSA) is 58.3 Å². The molecule has 0 atom stereocenters. The van der Waals surface area contributed by atoms with Gasteiger partial charge in [0, 0.05) is 13.1 Å². The van der Waals surface area contributed by atoms with Crippen LogP contribution in [0.4, 0.5) is 0 Å². The lowest BCUT2D eigenvalue weighted by Gasteiger charge is -2.36. The maximum Gasteiger partial charge on any atom is 0.317 e. The van der Waals surface area contributed by atoms with Gasteiger partial charge in [0.1, 0.15) is 0 Å². The van der Waals surface area contributed by atoms with Gasteiger partial charge in [-0.05, 0) is 51.0 Å². The van der Waals surface area contributed by atoms with Gasteiger partial charge in [-0.25, -0.2) is 0 Å². The first-order valence-electron chi connectivity index (χ1n) is 8.18. The molecule has 6 nitrogen and oxygen atoms in total. The number of amidine groups is 1. The van der Waals surface area contributed by atoms with Gasteiger partial charge in [0.25, 0.3) is 6.02 Å². The van der Waals surface area contributed by atoms with Crippen molar-refractivity contribution in [2.75, 3.05) is 33.8 Å². The second-order valence-electron chi connectivity index (χ2n) is 6.53. The minimum atomic E-state index is -0.409. The number of rotatable bonds is 4. The first-order valence-corrected chi connectivity index (χ1v) is 8.18. The van der Waals surface area contributed by atoms with E-state index in [0.717, 1.165) is 25.9 Å². The molecule has 0 aromatic carbocycles. The van der Waals surface area contributed by atoms with Gasteiger partial charge >= 0.3 is 5.91 Å². The van der Waals surface area contributed by atoms with Crippen molar-refractivity contribution in [3.63, 3.8) is 0 Å². The zero-order valence-electron chi connectivity index (χ0n) is 14.5. The SMILES string of the molecule is CC(C)COC(=NC(=O)c1ccco1)N(C)C1CCN(C)CC1. The molecule has 1 amide bonds. The zero-order valence-corrected chi connectivity index (χ0v) is 14.5. The smallest absolute Gasteiger partial charge is 0.317 e. The summed E-state index contributed by atoms with van der Waals surface area (Å²) in [4.78, 5) is 20.7. The van der Waals surface area contributed by atoms with Gasteiger partial charge in [-0.1, -0.05) is 13.8 Å². The van der Waals surface area contributed by atoms with Crippen molar-refractivity contribution in [1.29, 1.82) is 0 Å². The minimum absolute atomic E-state index is 0.229. The Morgan fingerprint density at radius 3 is 2.74 bits per heavy atom. The number of amides is 1. The molecule has 128 valence electrons. The van der Waals surface area contributed by atoms with Gasteiger partial charge in [0.05, 0.1) is 12.9 Å². The van der Waals surface area contributed by atoms with E-state index in [-0.39, 0.29) is 5.76 Å². The number of hydrogen-bond donors (Lipinski definition) is 0. The van der Waals surface area contributed by atoms with Crippen LogP contribution in [0.25, 0.3) is 0 Å². The van der Waals surface area contributed by atoms with E-state index in [2.05, 4.69) is 30.8 Å². The predicted octanol–water partition coefficient (Wildman–Crippen LogP) is 2.47. The lowest BCUT2D eigenvalue weighted by atomic mass is 10.0. The highest BCUT2D eigenvalue weighted by molar-refractivity contribution is 5.99. The molecule has 1 aliphatic rings. The van der Waals surface area contributed by atoms with Crippen LogP contribution in [0.3, 0.4) is 0 Å². The van der Waals surface area contributed by atoms with Crippen LogP contribution in [-0.4, -0.2) is 61.6 Å². The third-order valence-corrected chi connectivity index (χ3v) is 4.01. The van der Waals surface area contributed by atoms with Gasteiger partial charge < -0.3 is 19.0 Å². The average molecular weight is 321 g/mol. The Bertz CT molecular complexity index is 517. The molecule has 0 saturated carbocycles. The van der Waals surface area contributed by atoms with Crippen LogP contribution < -0.4 is 0 Å². The third-order valence-electron chi connectivity index (χ3n) is 4.01. The quantitative estimate of drug-likeness (QED) is 0.630. The first kappa shape index (κ1) is 17.5. The molecule has 0 spiro atoms. The highest BCUT2D eigenvalue weighted by atomic mass is 16.5. The number of furan rings is 1. The fraction of sp³-hybridized carbons (Fsp3) is 0.647. The summed E-state index contributed by atoms with van der Waals surface area (Å²) in [5, 5.41) is 0. The van der Waals surface area contributed by atoms with Gasteiger partial charge in [-0.3, -0.25) is 4.79 Å². The van der Waals surface area contributed by atoms with Crippen molar-refractivity contribution in [3.05, 3.63) is 24.2 Å². The molecule has 2 heterocycles. The maximum atomic E-state index is 12.2. The number of ether oxygens (including phenoxy) is 1. The van der Waals surface area contributed by atoms with E-state index < -0.39 is 5.91 Å². The molecule has 1 aliphatic heterocycles. The fourth-order valence-corrected chi connectivity index (χ4v) is 2.53. The summed E-state index contributed by atoms with van der Waals surface area (Å²) in [6.45, 7) is 6.75. The Labute approximate surface area is 138 Å². The van der Waals surface area contributed by atoms with Crippen LogP contribution in [0.15, 0.2) is 27.8 Å². The van der Waals surface area contributed by atoms with Crippen LogP contribution in [0.2, 0.25) is 0 Å². The number of carbonyl (C=O) groups excluding carboxylic acids is 1. The van der Waals surface area contributed by atoms with Crippen LogP contribution in [0, 0.1) is 5.92 Å². The van der Waals surface area contributed by atoms with E-state index in [0.29, 0.717) is 24.6 Å². The summed E-state index contributed by atoms with van der Waals surface area (Å²) in [5.41, 5.74) is 0. The Balaban J connectivity index is 2.10.